The Morgan fingerprint density at radius 2 is 1.84 bits per heavy atom. The van der Waals surface area contributed by atoms with Crippen molar-refractivity contribution < 1.29 is 23.8 Å². The number of benzene rings is 2. The molecular weight excluding hydrogens is 406 g/mol. The number of aliphatic hydroxyl groups excluding tert-OH is 1. The molecule has 0 aliphatic carbocycles. The van der Waals surface area contributed by atoms with E-state index in [1.54, 1.807) is 49.4 Å². The van der Waals surface area contributed by atoms with Crippen molar-refractivity contribution >= 4 is 11.7 Å². The molecule has 0 fully saturated rings. The Morgan fingerprint density at radius 1 is 1.12 bits per heavy atom. The normalized spacial score (nSPS) is 15.8. The van der Waals surface area contributed by atoms with Crippen LogP contribution in [0.25, 0.3) is 0 Å². The van der Waals surface area contributed by atoms with Crippen molar-refractivity contribution in [1.82, 2.24) is 4.90 Å². The van der Waals surface area contributed by atoms with Crippen LogP contribution < -0.4 is 4.74 Å². The number of furan rings is 1. The molecule has 1 aromatic heterocycles. The number of rotatable bonds is 8. The molecule has 1 aliphatic rings. The van der Waals surface area contributed by atoms with E-state index in [1.807, 2.05) is 30.3 Å². The summed E-state index contributed by atoms with van der Waals surface area (Å²) in [5, 5.41) is 10.7. The van der Waals surface area contributed by atoms with Gasteiger partial charge in [-0.2, -0.15) is 0 Å². The molecule has 6 heteroatoms. The molecule has 4 rings (SSSR count). The lowest BCUT2D eigenvalue weighted by atomic mass is 9.95. The van der Waals surface area contributed by atoms with Gasteiger partial charge in [0, 0.05) is 6.54 Å². The summed E-state index contributed by atoms with van der Waals surface area (Å²) in [7, 11) is 0. The molecule has 0 radical (unpaired) electrons. The van der Waals surface area contributed by atoms with Gasteiger partial charge in [0.05, 0.1) is 11.6 Å². The van der Waals surface area contributed by atoms with Gasteiger partial charge >= 0.3 is 0 Å². The smallest absolute Gasteiger partial charge is 0.290 e. The number of hydrogen-bond acceptors (Lipinski definition) is 5. The molecule has 1 N–H and O–H groups in total. The highest BCUT2D eigenvalue weighted by Gasteiger charge is 2.44. The molecule has 1 amide bonds. The van der Waals surface area contributed by atoms with E-state index in [0.717, 1.165) is 5.56 Å². The van der Waals surface area contributed by atoms with Gasteiger partial charge in [-0.05, 0) is 42.3 Å². The van der Waals surface area contributed by atoms with Gasteiger partial charge in [0.15, 0.2) is 11.5 Å². The first-order chi connectivity index (χ1) is 15.5. The maximum atomic E-state index is 13.3. The number of Topliss-reactive ketones (excluding diaryl/α,β-unsaturated/α-hetero) is 1. The van der Waals surface area contributed by atoms with Gasteiger partial charge in [-0.25, -0.2) is 0 Å². The third-order valence-corrected chi connectivity index (χ3v) is 5.27. The first-order valence-corrected chi connectivity index (χ1v) is 10.2. The molecule has 2 heterocycles. The molecule has 2 aromatic carbocycles. The lowest BCUT2D eigenvalue weighted by Gasteiger charge is -2.27. The highest BCUT2D eigenvalue weighted by atomic mass is 16.5. The van der Waals surface area contributed by atoms with Gasteiger partial charge in [-0.1, -0.05) is 55.1 Å². The van der Waals surface area contributed by atoms with E-state index in [4.69, 9.17) is 9.15 Å². The van der Waals surface area contributed by atoms with Crippen LogP contribution in [0.5, 0.6) is 5.75 Å². The summed E-state index contributed by atoms with van der Waals surface area (Å²) < 4.78 is 11.0. The van der Waals surface area contributed by atoms with E-state index in [1.165, 1.54) is 4.90 Å². The van der Waals surface area contributed by atoms with Crippen LogP contribution in [-0.2, 0) is 11.3 Å². The van der Waals surface area contributed by atoms with E-state index in [9.17, 15) is 14.7 Å². The van der Waals surface area contributed by atoms with Crippen molar-refractivity contribution in [3.63, 3.8) is 0 Å². The number of hydrogen-bond donors (Lipinski definition) is 1. The van der Waals surface area contributed by atoms with Crippen molar-refractivity contribution in [2.45, 2.75) is 19.5 Å². The molecule has 0 bridgehead atoms. The molecule has 0 spiro atoms. The Kier molecular flexibility index (Phi) is 5.94. The summed E-state index contributed by atoms with van der Waals surface area (Å²) in [6, 6.07) is 19.0. The number of carbonyl (C=O) groups excluding carboxylic acids is 2. The second-order valence-corrected chi connectivity index (χ2v) is 7.49. The molecule has 6 nitrogen and oxygen atoms in total. The summed E-state index contributed by atoms with van der Waals surface area (Å²) in [5.41, 5.74) is 1.56. The van der Waals surface area contributed by atoms with E-state index >= 15 is 0 Å². The third kappa shape index (κ3) is 4.07. The first-order valence-electron chi connectivity index (χ1n) is 10.2. The molecule has 1 unspecified atom stereocenters. The first kappa shape index (κ1) is 21.2. The molecule has 162 valence electrons. The van der Waals surface area contributed by atoms with E-state index in [0.29, 0.717) is 23.7 Å². The highest BCUT2D eigenvalue weighted by molar-refractivity contribution is 6.15. The predicted molar refractivity (Wildman–Crippen MR) is 119 cm³/mol. The highest BCUT2D eigenvalue weighted by Crippen LogP contribution is 2.40. The molecule has 1 aliphatic heterocycles. The van der Waals surface area contributed by atoms with E-state index in [2.05, 4.69) is 6.58 Å². The minimum absolute atomic E-state index is 0.0000380. The fourth-order valence-electron chi connectivity index (χ4n) is 3.77. The predicted octanol–water partition coefficient (Wildman–Crippen LogP) is 4.93. The van der Waals surface area contributed by atoms with Gasteiger partial charge in [-0.3, -0.25) is 9.59 Å². The molecule has 0 saturated carbocycles. The summed E-state index contributed by atoms with van der Waals surface area (Å²) in [6.45, 7) is 5.96. The number of nitrogens with zero attached hydrogens (tertiary/aromatic N) is 1. The molecule has 1 atom stereocenters. The van der Waals surface area contributed by atoms with Gasteiger partial charge < -0.3 is 19.2 Å². The zero-order valence-electron chi connectivity index (χ0n) is 17.7. The standard InChI is InChI=1S/C26H23NO5/c1-3-15-31-20-12-10-19(11-13-20)23-22(24(28)21-14-9-17(2)32-21)25(29)26(30)27(23)16-18-7-5-4-6-8-18/h3-14,23,29H,1,15-16H2,2H3. The van der Waals surface area contributed by atoms with E-state index in [-0.39, 0.29) is 17.9 Å². The van der Waals surface area contributed by atoms with Crippen molar-refractivity contribution in [2.24, 2.45) is 0 Å². The van der Waals surface area contributed by atoms with Crippen molar-refractivity contribution in [1.29, 1.82) is 0 Å². The van der Waals surface area contributed by atoms with Gasteiger partial charge in [0.2, 0.25) is 5.78 Å². The average molecular weight is 429 g/mol. The zero-order chi connectivity index (χ0) is 22.7. The summed E-state index contributed by atoms with van der Waals surface area (Å²) in [6.07, 6.45) is 1.65. The monoisotopic (exact) mass is 429 g/mol. The van der Waals surface area contributed by atoms with Gasteiger partial charge in [0.1, 0.15) is 18.1 Å². The number of amides is 1. The minimum atomic E-state index is -0.769. The second kappa shape index (κ2) is 8.98. The van der Waals surface area contributed by atoms with Crippen molar-refractivity contribution in [3.8, 4) is 5.75 Å². The zero-order valence-corrected chi connectivity index (χ0v) is 17.7. The van der Waals surface area contributed by atoms with Crippen LogP contribution in [0.4, 0.5) is 0 Å². The third-order valence-electron chi connectivity index (χ3n) is 5.27. The van der Waals surface area contributed by atoms with Gasteiger partial charge in [-0.15, -0.1) is 0 Å². The number of carbonyl (C=O) groups is 2. The topological polar surface area (TPSA) is 80.0 Å². The summed E-state index contributed by atoms with van der Waals surface area (Å²) in [5.74, 6) is -0.394. The minimum Gasteiger partial charge on any atom is -0.503 e. The maximum absolute atomic E-state index is 13.3. The Balaban J connectivity index is 1.75. The van der Waals surface area contributed by atoms with Crippen LogP contribution in [0, 0.1) is 6.92 Å². The lowest BCUT2D eigenvalue weighted by Crippen LogP contribution is -2.30. The lowest BCUT2D eigenvalue weighted by molar-refractivity contribution is -0.130. The van der Waals surface area contributed by atoms with Crippen LogP contribution in [-0.4, -0.2) is 28.3 Å². The molecule has 0 saturated heterocycles. The van der Waals surface area contributed by atoms with Gasteiger partial charge in [0.25, 0.3) is 5.91 Å². The quantitative estimate of drug-likeness (QED) is 0.406. The Bertz CT molecular complexity index is 1170. The number of aryl methyl sites for hydroxylation is 1. The molecule has 32 heavy (non-hydrogen) atoms. The Morgan fingerprint density at radius 3 is 2.47 bits per heavy atom. The van der Waals surface area contributed by atoms with Crippen LogP contribution in [0.1, 0.15) is 33.5 Å². The number of aliphatic hydroxyl groups is 1. The molecule has 3 aromatic rings. The fraction of sp³-hybridized carbons (Fsp3) is 0.154. The Hall–Kier alpha value is -4.06. The second-order valence-electron chi connectivity index (χ2n) is 7.49. The summed E-state index contributed by atoms with van der Waals surface area (Å²) >= 11 is 0. The maximum Gasteiger partial charge on any atom is 0.290 e. The van der Waals surface area contributed by atoms with Crippen LogP contribution in [0.15, 0.2) is 95.1 Å². The summed E-state index contributed by atoms with van der Waals surface area (Å²) in [4.78, 5) is 27.8. The Labute approximate surface area is 186 Å². The van der Waals surface area contributed by atoms with Crippen LogP contribution in [0.3, 0.4) is 0 Å². The number of ketones is 1. The van der Waals surface area contributed by atoms with Crippen molar-refractivity contribution in [2.75, 3.05) is 6.61 Å². The van der Waals surface area contributed by atoms with Crippen LogP contribution >= 0.6 is 0 Å². The number of ether oxygens (including phenoxy) is 1. The average Bonchev–Trinajstić information content (AvgIpc) is 3.35. The van der Waals surface area contributed by atoms with E-state index < -0.39 is 23.5 Å². The van der Waals surface area contributed by atoms with Crippen molar-refractivity contribution in [3.05, 3.63) is 113 Å². The molecular formula is C26H23NO5. The van der Waals surface area contributed by atoms with Crippen LogP contribution in [0.2, 0.25) is 0 Å². The fourth-order valence-corrected chi connectivity index (χ4v) is 3.77. The SMILES string of the molecule is C=CCOc1ccc(C2C(C(=O)c3ccc(C)o3)=C(O)C(=O)N2Cc2ccccc2)cc1. The largest absolute Gasteiger partial charge is 0.503 e.